The first kappa shape index (κ1) is 22.0. The fourth-order valence-corrected chi connectivity index (χ4v) is 4.05. The normalized spacial score (nSPS) is 13.7. The van der Waals surface area contributed by atoms with E-state index in [1.54, 1.807) is 12.3 Å². The third-order valence-electron chi connectivity index (χ3n) is 5.65. The van der Waals surface area contributed by atoms with Crippen LogP contribution in [0.2, 0.25) is 5.02 Å². The van der Waals surface area contributed by atoms with E-state index in [2.05, 4.69) is 10.4 Å². The molecule has 7 heteroatoms. The van der Waals surface area contributed by atoms with Crippen LogP contribution in [0, 0.1) is 13.8 Å². The van der Waals surface area contributed by atoms with E-state index in [0.29, 0.717) is 27.9 Å². The largest absolute Gasteiger partial charge is 0.449 e. The Hall–Kier alpha value is -3.77. The highest BCUT2D eigenvalue weighted by molar-refractivity contribution is 6.30. The lowest BCUT2D eigenvalue weighted by Gasteiger charge is -2.16. The van der Waals surface area contributed by atoms with E-state index in [4.69, 9.17) is 21.1 Å². The molecule has 0 saturated carbocycles. The maximum absolute atomic E-state index is 13.2. The molecule has 0 radical (unpaired) electrons. The number of ether oxygens (including phenoxy) is 2. The Balaban J connectivity index is 1.51. The summed E-state index contributed by atoms with van der Waals surface area (Å²) in [6, 6.07) is 18.8. The van der Waals surface area contributed by atoms with Gasteiger partial charge in [0.2, 0.25) is 5.79 Å². The monoisotopic (exact) mass is 473 g/mol. The third kappa shape index (κ3) is 4.24. The summed E-state index contributed by atoms with van der Waals surface area (Å²) in [7, 11) is 0. The molecule has 1 amide bonds. The van der Waals surface area contributed by atoms with Gasteiger partial charge in [0.05, 0.1) is 0 Å². The molecule has 0 aliphatic carbocycles. The number of anilines is 1. The number of nitrogens with zero attached hydrogens (tertiary/aromatic N) is 2. The van der Waals surface area contributed by atoms with Gasteiger partial charge < -0.3 is 14.8 Å². The first-order chi connectivity index (χ1) is 16.2. The van der Waals surface area contributed by atoms with Gasteiger partial charge in [-0.15, -0.1) is 0 Å². The maximum atomic E-state index is 13.2. The van der Waals surface area contributed by atoms with Crippen LogP contribution in [0.5, 0.6) is 11.5 Å². The highest BCUT2D eigenvalue weighted by Crippen LogP contribution is 2.42. The number of benzene rings is 3. The van der Waals surface area contributed by atoms with Crippen molar-refractivity contribution < 1.29 is 14.3 Å². The van der Waals surface area contributed by atoms with Crippen molar-refractivity contribution >= 4 is 23.3 Å². The lowest BCUT2D eigenvalue weighted by molar-refractivity contribution is -0.0431. The van der Waals surface area contributed by atoms with Crippen molar-refractivity contribution in [2.45, 2.75) is 33.5 Å². The highest BCUT2D eigenvalue weighted by atomic mass is 35.5. The SMILES string of the molecule is Cc1ccc(-c2nn(C(=O)Nc3cc4c(cc3C)OC(C)(C)O4)cc2-c2ccc(Cl)cc2)cc1. The van der Waals surface area contributed by atoms with Crippen LogP contribution < -0.4 is 14.8 Å². The summed E-state index contributed by atoms with van der Waals surface area (Å²) >= 11 is 6.09. The summed E-state index contributed by atoms with van der Waals surface area (Å²) in [4.78, 5) is 13.2. The summed E-state index contributed by atoms with van der Waals surface area (Å²) in [5, 5.41) is 8.24. The highest BCUT2D eigenvalue weighted by Gasteiger charge is 2.32. The lowest BCUT2D eigenvalue weighted by atomic mass is 10.0. The van der Waals surface area contributed by atoms with Gasteiger partial charge >= 0.3 is 6.03 Å². The van der Waals surface area contributed by atoms with E-state index in [0.717, 1.165) is 27.8 Å². The summed E-state index contributed by atoms with van der Waals surface area (Å²) < 4.78 is 12.9. The molecule has 2 heterocycles. The Morgan fingerprint density at radius 2 is 1.56 bits per heavy atom. The Kier molecular flexibility index (Phi) is 5.33. The molecule has 1 N–H and O–H groups in total. The molecule has 0 bridgehead atoms. The average molecular weight is 474 g/mol. The lowest BCUT2D eigenvalue weighted by Crippen LogP contribution is -2.29. The number of aromatic nitrogens is 2. The van der Waals surface area contributed by atoms with E-state index in [9.17, 15) is 4.79 Å². The molecule has 0 fully saturated rings. The summed E-state index contributed by atoms with van der Waals surface area (Å²) in [5.41, 5.74) is 6.02. The van der Waals surface area contributed by atoms with Crippen LogP contribution >= 0.6 is 11.6 Å². The number of hydrogen-bond acceptors (Lipinski definition) is 4. The minimum Gasteiger partial charge on any atom is -0.449 e. The van der Waals surface area contributed by atoms with E-state index in [1.165, 1.54) is 4.68 Å². The fraction of sp³-hybridized carbons (Fsp3) is 0.185. The van der Waals surface area contributed by atoms with Gasteiger partial charge in [-0.05, 0) is 43.2 Å². The van der Waals surface area contributed by atoms with Gasteiger partial charge in [0, 0.05) is 47.9 Å². The number of nitrogens with one attached hydrogen (secondary N) is 1. The van der Waals surface area contributed by atoms with Crippen molar-refractivity contribution in [1.82, 2.24) is 9.78 Å². The molecule has 1 aliphatic rings. The molecule has 6 nitrogen and oxygen atoms in total. The van der Waals surface area contributed by atoms with E-state index < -0.39 is 5.79 Å². The molecule has 172 valence electrons. The van der Waals surface area contributed by atoms with Crippen molar-refractivity contribution in [3.63, 3.8) is 0 Å². The van der Waals surface area contributed by atoms with Gasteiger partial charge in [0.15, 0.2) is 11.5 Å². The van der Waals surface area contributed by atoms with Crippen LogP contribution in [0.25, 0.3) is 22.4 Å². The van der Waals surface area contributed by atoms with Gasteiger partial charge in [-0.1, -0.05) is 53.6 Å². The second kappa shape index (κ2) is 8.22. The molecule has 1 aromatic heterocycles. The molecule has 0 atom stereocenters. The van der Waals surface area contributed by atoms with Crippen molar-refractivity contribution in [1.29, 1.82) is 0 Å². The number of aryl methyl sites for hydroxylation is 2. The quantitative estimate of drug-likeness (QED) is 0.345. The second-order valence-corrected chi connectivity index (χ2v) is 9.29. The molecule has 0 spiro atoms. The standard InChI is InChI=1S/C27H24ClN3O3/c1-16-5-7-19(8-6-16)25-21(18-9-11-20(28)12-10-18)15-31(30-25)26(32)29-22-14-24-23(13-17(22)2)33-27(3,4)34-24/h5-15H,1-4H3,(H,29,32). The Bertz CT molecular complexity index is 1330. The smallest absolute Gasteiger partial charge is 0.346 e. The second-order valence-electron chi connectivity index (χ2n) is 8.86. The van der Waals surface area contributed by atoms with Crippen LogP contribution in [0.1, 0.15) is 25.0 Å². The molecule has 4 aromatic rings. The number of fused-ring (bicyclic) bond motifs is 1. The summed E-state index contributed by atoms with van der Waals surface area (Å²) in [6.07, 6.45) is 1.74. The average Bonchev–Trinajstić information content (AvgIpc) is 3.35. The Labute approximate surface area is 203 Å². The summed E-state index contributed by atoms with van der Waals surface area (Å²) in [6.45, 7) is 7.62. The molecule has 3 aromatic carbocycles. The van der Waals surface area contributed by atoms with Gasteiger partial charge in [-0.2, -0.15) is 9.78 Å². The first-order valence-corrected chi connectivity index (χ1v) is 11.3. The molecule has 0 unspecified atom stereocenters. The number of rotatable bonds is 3. The zero-order valence-corrected chi connectivity index (χ0v) is 20.1. The van der Waals surface area contributed by atoms with E-state index >= 15 is 0 Å². The number of carbonyl (C=O) groups is 1. The summed E-state index contributed by atoms with van der Waals surface area (Å²) in [5.74, 6) is 0.510. The minimum atomic E-state index is -0.740. The van der Waals surface area contributed by atoms with Gasteiger partial charge in [0.1, 0.15) is 5.69 Å². The molecular formula is C27H24ClN3O3. The molecule has 0 saturated heterocycles. The van der Waals surface area contributed by atoms with E-state index in [-0.39, 0.29) is 6.03 Å². The van der Waals surface area contributed by atoms with Gasteiger partial charge in [-0.3, -0.25) is 0 Å². The predicted octanol–water partition coefficient (Wildman–Crippen LogP) is 7.07. The number of carbonyl (C=O) groups excluding carboxylic acids is 1. The molecule has 5 rings (SSSR count). The third-order valence-corrected chi connectivity index (χ3v) is 5.90. The maximum Gasteiger partial charge on any atom is 0.346 e. The zero-order chi connectivity index (χ0) is 24.0. The van der Waals surface area contributed by atoms with Gasteiger partial charge in [-0.25, -0.2) is 4.79 Å². The van der Waals surface area contributed by atoms with Crippen molar-refractivity contribution in [2.24, 2.45) is 0 Å². The Morgan fingerprint density at radius 1 is 0.941 bits per heavy atom. The number of halogens is 1. The molecule has 1 aliphatic heterocycles. The zero-order valence-electron chi connectivity index (χ0n) is 19.3. The first-order valence-electron chi connectivity index (χ1n) is 11.0. The van der Waals surface area contributed by atoms with Crippen LogP contribution in [0.3, 0.4) is 0 Å². The van der Waals surface area contributed by atoms with Crippen LogP contribution in [0.15, 0.2) is 66.9 Å². The van der Waals surface area contributed by atoms with Crippen LogP contribution in [0.4, 0.5) is 10.5 Å². The van der Waals surface area contributed by atoms with Crippen molar-refractivity contribution in [3.05, 3.63) is 83.0 Å². The predicted molar refractivity (Wildman–Crippen MR) is 134 cm³/mol. The Morgan fingerprint density at radius 3 is 2.24 bits per heavy atom. The topological polar surface area (TPSA) is 65.4 Å². The molecule has 34 heavy (non-hydrogen) atoms. The fourth-order valence-electron chi connectivity index (χ4n) is 3.92. The van der Waals surface area contributed by atoms with Crippen LogP contribution in [-0.2, 0) is 0 Å². The van der Waals surface area contributed by atoms with E-state index in [1.807, 2.05) is 82.3 Å². The van der Waals surface area contributed by atoms with Gasteiger partial charge in [0.25, 0.3) is 0 Å². The minimum absolute atomic E-state index is 0.380. The van der Waals surface area contributed by atoms with Crippen molar-refractivity contribution in [2.75, 3.05) is 5.32 Å². The molecular weight excluding hydrogens is 450 g/mol. The van der Waals surface area contributed by atoms with Crippen molar-refractivity contribution in [3.8, 4) is 33.9 Å². The van der Waals surface area contributed by atoms with Crippen LogP contribution in [-0.4, -0.2) is 21.6 Å². The number of amides is 1. The number of hydrogen-bond donors (Lipinski definition) is 1.